The van der Waals surface area contributed by atoms with E-state index in [1.807, 2.05) is 0 Å². The van der Waals surface area contributed by atoms with Crippen molar-refractivity contribution in [2.24, 2.45) is 5.10 Å². The fourth-order valence-electron chi connectivity index (χ4n) is 2.69. The lowest BCUT2D eigenvalue weighted by molar-refractivity contribution is -0.137. The molecule has 0 bridgehead atoms. The van der Waals surface area contributed by atoms with Gasteiger partial charge in [-0.15, -0.1) is 0 Å². The van der Waals surface area contributed by atoms with E-state index >= 15 is 0 Å². The average Bonchev–Trinajstić information content (AvgIpc) is 2.77. The summed E-state index contributed by atoms with van der Waals surface area (Å²) < 4.78 is 68.2. The number of hydrazone groups is 1. The Bertz CT molecular complexity index is 1330. The van der Waals surface area contributed by atoms with Crippen LogP contribution in [-0.4, -0.2) is 20.5 Å². The molecule has 3 rings (SSSR count). The second-order valence-corrected chi connectivity index (χ2v) is 9.18. The van der Waals surface area contributed by atoms with Gasteiger partial charge in [0, 0.05) is 5.56 Å². The smallest absolute Gasteiger partial charge is 0.378 e. The zero-order valence-corrected chi connectivity index (χ0v) is 19.3. The highest BCUT2D eigenvalue weighted by Gasteiger charge is 2.31. The zero-order valence-electron chi connectivity index (χ0n) is 17.0. The average molecular weight is 531 g/mol. The summed E-state index contributed by atoms with van der Waals surface area (Å²) in [5, 5.41) is 4.45. The third kappa shape index (κ3) is 6.72. The number of amides is 1. The van der Waals surface area contributed by atoms with Gasteiger partial charge in [-0.2, -0.15) is 26.7 Å². The van der Waals surface area contributed by atoms with Gasteiger partial charge in [-0.1, -0.05) is 41.4 Å². The van der Waals surface area contributed by atoms with E-state index < -0.39 is 32.7 Å². The van der Waals surface area contributed by atoms with Gasteiger partial charge in [0.1, 0.15) is 4.90 Å². The summed E-state index contributed by atoms with van der Waals surface area (Å²) in [6, 6.07) is 13.5. The summed E-state index contributed by atoms with van der Waals surface area (Å²) >= 11 is 11.8. The van der Waals surface area contributed by atoms with Crippen LogP contribution in [0.15, 0.2) is 76.7 Å². The van der Waals surface area contributed by atoms with Gasteiger partial charge in [0.25, 0.3) is 0 Å². The Labute approximate surface area is 203 Å². The van der Waals surface area contributed by atoms with Gasteiger partial charge in [-0.3, -0.25) is 4.79 Å². The minimum atomic E-state index is -4.60. The molecule has 6 nitrogen and oxygen atoms in total. The van der Waals surface area contributed by atoms with Crippen LogP contribution in [-0.2, 0) is 27.5 Å². The molecule has 178 valence electrons. The fraction of sp³-hybridized carbons (Fsp3) is 0.0909. The van der Waals surface area contributed by atoms with Crippen molar-refractivity contribution < 1.29 is 30.6 Å². The van der Waals surface area contributed by atoms with Crippen LogP contribution < -0.4 is 9.61 Å². The first kappa shape index (κ1) is 25.5. The van der Waals surface area contributed by atoms with Gasteiger partial charge < -0.3 is 4.18 Å². The van der Waals surface area contributed by atoms with Crippen molar-refractivity contribution in [1.82, 2.24) is 5.43 Å². The van der Waals surface area contributed by atoms with E-state index in [1.165, 1.54) is 24.4 Å². The van der Waals surface area contributed by atoms with Crippen LogP contribution >= 0.6 is 23.2 Å². The van der Waals surface area contributed by atoms with Crippen LogP contribution in [0.3, 0.4) is 0 Å². The van der Waals surface area contributed by atoms with Gasteiger partial charge >= 0.3 is 16.3 Å². The van der Waals surface area contributed by atoms with Gasteiger partial charge in [-0.05, 0) is 54.1 Å². The van der Waals surface area contributed by atoms with Gasteiger partial charge in [0.15, 0.2) is 5.75 Å². The molecule has 3 aromatic carbocycles. The number of rotatable bonds is 7. The van der Waals surface area contributed by atoms with Gasteiger partial charge in [-0.25, -0.2) is 5.43 Å². The first-order valence-electron chi connectivity index (χ1n) is 9.42. The Balaban J connectivity index is 1.69. The van der Waals surface area contributed by atoms with Crippen molar-refractivity contribution >= 4 is 45.4 Å². The van der Waals surface area contributed by atoms with Crippen LogP contribution in [0.4, 0.5) is 13.2 Å². The first-order chi connectivity index (χ1) is 16.0. The predicted octanol–water partition coefficient (Wildman–Crippen LogP) is 5.47. The van der Waals surface area contributed by atoms with Gasteiger partial charge in [0.2, 0.25) is 5.91 Å². The highest BCUT2D eigenvalue weighted by Crippen LogP contribution is 2.30. The summed E-state index contributed by atoms with van der Waals surface area (Å²) in [5.41, 5.74) is 2.12. The molecule has 0 saturated carbocycles. The summed E-state index contributed by atoms with van der Waals surface area (Å²) in [7, 11) is -4.43. The molecule has 1 N–H and O–H groups in total. The van der Waals surface area contributed by atoms with Crippen LogP contribution in [0.25, 0.3) is 0 Å². The van der Waals surface area contributed by atoms with Gasteiger partial charge in [0.05, 0.1) is 28.2 Å². The highest BCUT2D eigenvalue weighted by atomic mass is 35.5. The lowest BCUT2D eigenvalue weighted by Crippen LogP contribution is -2.20. The molecule has 1 amide bonds. The number of hydrogen-bond donors (Lipinski definition) is 1. The number of carbonyl (C=O) groups excluding carboxylic acids is 1. The first-order valence-corrected chi connectivity index (χ1v) is 11.6. The van der Waals surface area contributed by atoms with Crippen molar-refractivity contribution in [2.45, 2.75) is 17.5 Å². The number of nitrogens with zero attached hydrogens (tertiary/aromatic N) is 1. The van der Waals surface area contributed by atoms with Crippen LogP contribution in [0, 0.1) is 0 Å². The molecule has 0 aliphatic carbocycles. The second-order valence-electron chi connectivity index (χ2n) is 6.82. The van der Waals surface area contributed by atoms with E-state index in [1.54, 1.807) is 24.3 Å². The van der Waals surface area contributed by atoms with E-state index in [9.17, 15) is 26.4 Å². The number of hydrogen-bond acceptors (Lipinski definition) is 5. The summed E-state index contributed by atoms with van der Waals surface area (Å²) in [4.78, 5) is 11.6. The molecule has 0 spiro atoms. The molecule has 12 heteroatoms. The summed E-state index contributed by atoms with van der Waals surface area (Å²) in [6.45, 7) is 0. The lowest BCUT2D eigenvalue weighted by Gasteiger charge is -2.11. The molecule has 0 aliphatic heterocycles. The standard InChI is InChI=1S/C22H15Cl2F3N2O4S/c23-18-10-5-14(11-19(18)24)12-21(30)29-28-13-15-3-1-2-4-20(15)33-34(31,32)17-8-6-16(7-9-17)22(25,26)27/h1-11,13H,12H2,(H,29,30). The molecule has 0 fully saturated rings. The minimum absolute atomic E-state index is 0.0331. The third-order valence-corrected chi connectivity index (χ3v) is 6.32. The molecule has 0 unspecified atom stereocenters. The Morgan fingerprint density at radius 1 is 1.00 bits per heavy atom. The Hall–Kier alpha value is -3.08. The maximum atomic E-state index is 12.7. The van der Waals surface area contributed by atoms with Crippen molar-refractivity contribution in [2.75, 3.05) is 0 Å². The molecule has 34 heavy (non-hydrogen) atoms. The van der Waals surface area contributed by atoms with Crippen molar-refractivity contribution in [3.05, 3.63) is 93.5 Å². The van der Waals surface area contributed by atoms with Crippen molar-refractivity contribution in [3.63, 3.8) is 0 Å². The quantitative estimate of drug-likeness (QED) is 0.249. The fourth-order valence-corrected chi connectivity index (χ4v) is 3.96. The van der Waals surface area contributed by atoms with Crippen molar-refractivity contribution in [1.29, 1.82) is 0 Å². The van der Waals surface area contributed by atoms with E-state index in [-0.39, 0.29) is 17.7 Å². The van der Waals surface area contributed by atoms with Crippen LogP contribution in [0.2, 0.25) is 10.0 Å². The molecule has 0 heterocycles. The molecule has 0 atom stereocenters. The number of para-hydroxylation sites is 1. The topological polar surface area (TPSA) is 84.8 Å². The molecule has 0 radical (unpaired) electrons. The maximum absolute atomic E-state index is 12.7. The highest BCUT2D eigenvalue weighted by molar-refractivity contribution is 7.87. The SMILES string of the molecule is O=C(Cc1ccc(Cl)c(Cl)c1)NN=Cc1ccccc1OS(=O)(=O)c1ccc(C(F)(F)F)cc1. The second kappa shape index (κ2) is 10.5. The molecule has 0 aromatic heterocycles. The van der Waals surface area contributed by atoms with Crippen molar-refractivity contribution in [3.8, 4) is 5.75 Å². The summed E-state index contributed by atoms with van der Waals surface area (Å²) in [5.74, 6) is -0.602. The van der Waals surface area contributed by atoms with Crippen LogP contribution in [0.5, 0.6) is 5.75 Å². The minimum Gasteiger partial charge on any atom is -0.378 e. The zero-order chi connectivity index (χ0) is 24.9. The number of carbonyl (C=O) groups is 1. The van der Waals surface area contributed by atoms with E-state index in [0.717, 1.165) is 12.1 Å². The monoisotopic (exact) mass is 530 g/mol. The van der Waals surface area contributed by atoms with E-state index in [0.29, 0.717) is 27.7 Å². The number of nitrogens with one attached hydrogen (secondary N) is 1. The maximum Gasteiger partial charge on any atom is 0.416 e. The Morgan fingerprint density at radius 2 is 1.68 bits per heavy atom. The summed E-state index contributed by atoms with van der Waals surface area (Å²) in [6.07, 6.45) is -3.46. The Kier molecular flexibility index (Phi) is 7.86. The molecule has 0 saturated heterocycles. The molecular weight excluding hydrogens is 516 g/mol. The molecule has 0 aliphatic rings. The van der Waals surface area contributed by atoms with E-state index in [2.05, 4.69) is 10.5 Å². The molecular formula is C22H15Cl2F3N2O4S. The normalized spacial score (nSPS) is 12.0. The largest absolute Gasteiger partial charge is 0.416 e. The Morgan fingerprint density at radius 3 is 2.32 bits per heavy atom. The molecule has 3 aromatic rings. The van der Waals surface area contributed by atoms with E-state index in [4.69, 9.17) is 27.4 Å². The van der Waals surface area contributed by atoms with Crippen LogP contribution in [0.1, 0.15) is 16.7 Å². The number of alkyl halides is 3. The predicted molar refractivity (Wildman–Crippen MR) is 122 cm³/mol. The third-order valence-electron chi connectivity index (χ3n) is 4.33. The number of benzene rings is 3. The number of halogens is 5. The lowest BCUT2D eigenvalue weighted by atomic mass is 10.1.